The number of amides is 1. The topological polar surface area (TPSA) is 86.2 Å². The number of aliphatic imine (C=N–C) groups is 1. The fraction of sp³-hybridized carbons (Fsp3) is 0.579. The molecule has 7 nitrogen and oxygen atoms in total. The van der Waals surface area contributed by atoms with Gasteiger partial charge in [0.25, 0.3) is 5.91 Å². The van der Waals surface area contributed by atoms with E-state index in [1.807, 2.05) is 0 Å². The molecule has 3 N–H and O–H groups in total. The van der Waals surface area contributed by atoms with Gasteiger partial charge in [0, 0.05) is 50.6 Å². The molecular weight excluding hydrogens is 459 g/mol. The number of carbonyl (C=O) groups is 1. The average molecular weight is 486 g/mol. The van der Waals surface area contributed by atoms with Gasteiger partial charge >= 0.3 is 0 Å². The molecule has 1 aromatic carbocycles. The molecule has 148 valence electrons. The van der Waals surface area contributed by atoms with Crippen LogP contribution in [-0.4, -0.2) is 67.3 Å². The quantitative estimate of drug-likeness (QED) is 0.260. The summed E-state index contributed by atoms with van der Waals surface area (Å²) < 4.78 is 6.03. The number of hydrogen-bond acceptors (Lipinski definition) is 4. The van der Waals surface area contributed by atoms with E-state index in [1.165, 1.54) is 25.0 Å². The molecule has 0 aromatic heterocycles. The van der Waals surface area contributed by atoms with Crippen LogP contribution < -0.4 is 10.6 Å². The molecule has 1 aromatic rings. The van der Waals surface area contributed by atoms with Gasteiger partial charge in [0.2, 0.25) is 0 Å². The summed E-state index contributed by atoms with van der Waals surface area (Å²) in [4.78, 5) is 18.8. The van der Waals surface area contributed by atoms with Crippen molar-refractivity contribution in [3.63, 3.8) is 0 Å². The van der Waals surface area contributed by atoms with Crippen molar-refractivity contribution >= 4 is 35.8 Å². The Morgan fingerprint density at radius 2 is 1.74 bits per heavy atom. The van der Waals surface area contributed by atoms with Crippen LogP contribution in [0.25, 0.3) is 0 Å². The highest BCUT2D eigenvalue weighted by Gasteiger charge is 2.53. The SMILES string of the molecule is CN=C(NCCNC(=O)c1ccc(O)cc1)N1CC2C3CCC(O3)C2C1.I. The fourth-order valence-corrected chi connectivity index (χ4v) is 4.53. The first-order valence-electron chi connectivity index (χ1n) is 9.34. The predicted molar refractivity (Wildman–Crippen MR) is 114 cm³/mol. The molecule has 27 heavy (non-hydrogen) atoms. The van der Waals surface area contributed by atoms with Crippen molar-refractivity contribution in [3.05, 3.63) is 29.8 Å². The minimum absolute atomic E-state index is 0. The van der Waals surface area contributed by atoms with Gasteiger partial charge in [-0.2, -0.15) is 0 Å². The van der Waals surface area contributed by atoms with Gasteiger partial charge in [0.05, 0.1) is 12.2 Å². The maximum Gasteiger partial charge on any atom is 0.251 e. The number of phenolic OH excluding ortho intramolecular Hbond substituents is 1. The third-order valence-electron chi connectivity index (χ3n) is 5.79. The minimum atomic E-state index is -0.147. The molecule has 4 unspecified atom stereocenters. The largest absolute Gasteiger partial charge is 0.508 e. The summed E-state index contributed by atoms with van der Waals surface area (Å²) in [7, 11) is 1.80. The van der Waals surface area contributed by atoms with E-state index in [-0.39, 0.29) is 35.6 Å². The van der Waals surface area contributed by atoms with Crippen molar-refractivity contribution < 1.29 is 14.6 Å². The van der Waals surface area contributed by atoms with Crippen molar-refractivity contribution in [2.24, 2.45) is 16.8 Å². The smallest absolute Gasteiger partial charge is 0.251 e. The number of nitrogens with one attached hydrogen (secondary N) is 2. The maximum absolute atomic E-state index is 12.1. The first-order chi connectivity index (χ1) is 12.7. The number of hydrogen-bond donors (Lipinski definition) is 3. The Kier molecular flexibility index (Phi) is 6.46. The van der Waals surface area contributed by atoms with Gasteiger partial charge < -0.3 is 25.4 Å². The van der Waals surface area contributed by atoms with Crippen LogP contribution in [-0.2, 0) is 4.74 Å². The molecule has 0 spiro atoms. The molecular formula is C19H27IN4O3. The third kappa shape index (κ3) is 4.16. The van der Waals surface area contributed by atoms with E-state index in [9.17, 15) is 9.90 Å². The molecule has 1 amide bonds. The van der Waals surface area contributed by atoms with Gasteiger partial charge in [-0.15, -0.1) is 24.0 Å². The molecule has 8 heteroatoms. The van der Waals surface area contributed by atoms with Gasteiger partial charge in [0.1, 0.15) is 5.75 Å². The van der Waals surface area contributed by atoms with Gasteiger partial charge in [-0.25, -0.2) is 0 Å². The lowest BCUT2D eigenvalue weighted by molar-refractivity contribution is 0.0767. The van der Waals surface area contributed by atoms with E-state index in [4.69, 9.17) is 4.74 Å². The molecule has 0 saturated carbocycles. The lowest BCUT2D eigenvalue weighted by Crippen LogP contribution is -2.44. The molecule has 0 aliphatic carbocycles. The van der Waals surface area contributed by atoms with Crippen LogP contribution in [0.1, 0.15) is 23.2 Å². The van der Waals surface area contributed by atoms with E-state index in [0.717, 1.165) is 19.0 Å². The first kappa shape index (κ1) is 20.2. The second-order valence-corrected chi connectivity index (χ2v) is 7.30. The van der Waals surface area contributed by atoms with E-state index in [0.29, 0.717) is 42.7 Å². The van der Waals surface area contributed by atoms with Crippen LogP contribution >= 0.6 is 24.0 Å². The van der Waals surface area contributed by atoms with Gasteiger partial charge in [-0.05, 0) is 37.1 Å². The van der Waals surface area contributed by atoms with Gasteiger partial charge in [0.15, 0.2) is 5.96 Å². The van der Waals surface area contributed by atoms with E-state index in [2.05, 4.69) is 20.5 Å². The Morgan fingerprint density at radius 1 is 1.15 bits per heavy atom. The number of guanidine groups is 1. The van der Waals surface area contributed by atoms with Crippen molar-refractivity contribution in [2.45, 2.75) is 25.0 Å². The van der Waals surface area contributed by atoms with Crippen molar-refractivity contribution in [1.29, 1.82) is 0 Å². The van der Waals surface area contributed by atoms with E-state index >= 15 is 0 Å². The molecule has 2 bridgehead atoms. The number of ether oxygens (including phenoxy) is 1. The Labute approximate surface area is 176 Å². The Bertz CT molecular complexity index is 679. The summed E-state index contributed by atoms with van der Waals surface area (Å²) in [6.07, 6.45) is 3.29. The summed E-state index contributed by atoms with van der Waals surface area (Å²) >= 11 is 0. The number of fused-ring (bicyclic) bond motifs is 5. The Balaban J connectivity index is 0.00000210. The van der Waals surface area contributed by atoms with Crippen LogP contribution in [0.3, 0.4) is 0 Å². The van der Waals surface area contributed by atoms with Crippen molar-refractivity contribution in [1.82, 2.24) is 15.5 Å². The molecule has 3 saturated heterocycles. The zero-order valence-corrected chi connectivity index (χ0v) is 17.8. The number of likely N-dealkylation sites (tertiary alicyclic amines) is 1. The van der Waals surface area contributed by atoms with Gasteiger partial charge in [-0.1, -0.05) is 0 Å². The van der Waals surface area contributed by atoms with Gasteiger partial charge in [-0.3, -0.25) is 9.79 Å². The second-order valence-electron chi connectivity index (χ2n) is 7.30. The number of carbonyl (C=O) groups excluding carboxylic acids is 1. The number of halogens is 1. The standard InChI is InChI=1S/C19H26N4O3.HI/c1-20-19(23-10-14-15(11-23)17-7-6-16(14)26-17)22-9-8-21-18(25)12-2-4-13(24)5-3-12;/h2-5,14-17,24H,6-11H2,1H3,(H,20,22)(H,21,25);1H. The lowest BCUT2D eigenvalue weighted by atomic mass is 9.82. The molecule has 4 rings (SSSR count). The summed E-state index contributed by atoms with van der Waals surface area (Å²) in [6, 6.07) is 6.24. The Hall–Kier alpha value is -1.55. The summed E-state index contributed by atoms with van der Waals surface area (Å²) in [6.45, 7) is 3.14. The summed E-state index contributed by atoms with van der Waals surface area (Å²) in [5.41, 5.74) is 0.537. The molecule has 3 aliphatic rings. The Morgan fingerprint density at radius 3 is 2.33 bits per heavy atom. The number of aromatic hydroxyl groups is 1. The minimum Gasteiger partial charge on any atom is -0.508 e. The van der Waals surface area contributed by atoms with Crippen LogP contribution in [0.4, 0.5) is 0 Å². The number of phenols is 1. The number of nitrogens with zero attached hydrogens (tertiary/aromatic N) is 2. The zero-order chi connectivity index (χ0) is 18.1. The summed E-state index contributed by atoms with van der Waals surface area (Å²) in [5.74, 6) is 2.19. The highest BCUT2D eigenvalue weighted by atomic mass is 127. The van der Waals surface area contributed by atoms with Crippen LogP contribution in [0, 0.1) is 11.8 Å². The average Bonchev–Trinajstić information content (AvgIpc) is 3.35. The normalized spacial score (nSPS) is 28.6. The molecule has 3 aliphatic heterocycles. The monoisotopic (exact) mass is 486 g/mol. The summed E-state index contributed by atoms with van der Waals surface area (Å²) in [5, 5.41) is 15.5. The lowest BCUT2D eigenvalue weighted by Gasteiger charge is -2.23. The highest BCUT2D eigenvalue weighted by molar-refractivity contribution is 14.0. The zero-order valence-electron chi connectivity index (χ0n) is 15.4. The molecule has 4 atom stereocenters. The third-order valence-corrected chi connectivity index (χ3v) is 5.79. The fourth-order valence-electron chi connectivity index (χ4n) is 4.53. The van der Waals surface area contributed by atoms with E-state index < -0.39 is 0 Å². The number of rotatable bonds is 4. The van der Waals surface area contributed by atoms with Crippen LogP contribution in [0.5, 0.6) is 5.75 Å². The van der Waals surface area contributed by atoms with E-state index in [1.54, 1.807) is 19.2 Å². The molecule has 3 fully saturated rings. The highest BCUT2D eigenvalue weighted by Crippen LogP contribution is 2.47. The predicted octanol–water partition coefficient (Wildman–Crippen LogP) is 1.42. The maximum atomic E-state index is 12.1. The van der Waals surface area contributed by atoms with Crippen LogP contribution in [0.2, 0.25) is 0 Å². The second kappa shape index (κ2) is 8.64. The number of benzene rings is 1. The first-order valence-corrected chi connectivity index (χ1v) is 9.34. The van der Waals surface area contributed by atoms with Crippen LogP contribution in [0.15, 0.2) is 29.3 Å². The van der Waals surface area contributed by atoms with Crippen molar-refractivity contribution in [3.8, 4) is 5.75 Å². The molecule has 0 radical (unpaired) electrons. The van der Waals surface area contributed by atoms with Crippen molar-refractivity contribution in [2.75, 3.05) is 33.2 Å². The molecule has 3 heterocycles.